The largest absolute Gasteiger partial charge is 0.435 e. The van der Waals surface area contributed by atoms with Crippen molar-refractivity contribution in [3.05, 3.63) is 83.9 Å². The minimum absolute atomic E-state index is 0.00109. The summed E-state index contributed by atoms with van der Waals surface area (Å²) in [6.45, 7) is 0. The van der Waals surface area contributed by atoms with E-state index in [0.717, 1.165) is 18.7 Å². The molecule has 4 aromatic rings. The van der Waals surface area contributed by atoms with E-state index in [1.165, 1.54) is 48.7 Å². The molecule has 0 aliphatic carbocycles. The second-order valence-corrected chi connectivity index (χ2v) is 14.2. The first-order valence-electron chi connectivity index (χ1n) is 11.2. The van der Waals surface area contributed by atoms with Gasteiger partial charge in [-0.25, -0.2) is 49.0 Å². The maximum absolute atomic E-state index is 14.9. The average molecular weight is 629 g/mol. The second kappa shape index (κ2) is 11.1. The zero-order valence-corrected chi connectivity index (χ0v) is 23.5. The summed E-state index contributed by atoms with van der Waals surface area (Å²) in [5.74, 6) is -7.37. The molecule has 4 rings (SSSR count). The Morgan fingerprint density at radius 1 is 0.829 bits per heavy atom. The van der Waals surface area contributed by atoms with Crippen LogP contribution in [0.4, 0.5) is 18.9 Å². The van der Waals surface area contributed by atoms with E-state index in [0.29, 0.717) is 6.07 Å². The molecule has 0 unspecified atom stereocenters. The molecule has 2 aromatic heterocycles. The molecule has 11 nitrogen and oxygen atoms in total. The molecule has 41 heavy (non-hydrogen) atoms. The normalized spacial score (nSPS) is 12.2. The number of nitrogens with zero attached hydrogens (tertiary/aromatic N) is 3. The highest BCUT2D eigenvalue weighted by Crippen LogP contribution is 2.35. The quantitative estimate of drug-likeness (QED) is 0.214. The Balaban J connectivity index is 1.62. The van der Waals surface area contributed by atoms with Crippen LogP contribution in [0.15, 0.2) is 71.0 Å². The minimum Gasteiger partial charge on any atom is -0.435 e. The van der Waals surface area contributed by atoms with Gasteiger partial charge in [0.25, 0.3) is 0 Å². The fourth-order valence-corrected chi connectivity index (χ4v) is 5.77. The summed E-state index contributed by atoms with van der Waals surface area (Å²) in [6, 6.07) is 9.27. The molecule has 0 spiro atoms. The molecule has 0 saturated heterocycles. The average Bonchev–Trinajstić information content (AvgIpc) is 2.89. The smallest absolute Gasteiger partial charge is 0.247 e. The van der Waals surface area contributed by atoms with Gasteiger partial charge in [0.1, 0.15) is 5.69 Å². The van der Waals surface area contributed by atoms with Gasteiger partial charge in [0.2, 0.25) is 36.7 Å². The first-order valence-corrected chi connectivity index (χ1v) is 16.6. The summed E-state index contributed by atoms with van der Waals surface area (Å²) < 4.78 is 124. The van der Waals surface area contributed by atoms with Crippen molar-refractivity contribution in [2.45, 2.75) is 15.8 Å². The van der Waals surface area contributed by atoms with Crippen LogP contribution < -0.4 is 9.46 Å². The van der Waals surface area contributed by atoms with Crippen LogP contribution in [0.5, 0.6) is 11.6 Å². The number of hydrogen-bond donors (Lipinski definition) is 1. The summed E-state index contributed by atoms with van der Waals surface area (Å²) in [7, 11) is -11.8. The predicted octanol–water partition coefficient (Wildman–Crippen LogP) is 3.50. The topological polar surface area (TPSA) is 162 Å². The molecule has 0 bridgehead atoms. The summed E-state index contributed by atoms with van der Waals surface area (Å²) in [6.07, 6.45) is 4.22. The van der Waals surface area contributed by atoms with Crippen molar-refractivity contribution >= 4 is 35.4 Å². The van der Waals surface area contributed by atoms with Crippen LogP contribution in [0, 0.1) is 17.5 Å². The maximum atomic E-state index is 14.9. The summed E-state index contributed by atoms with van der Waals surface area (Å²) in [5.41, 5.74) is -1.18. The molecule has 216 valence electrons. The molecule has 17 heteroatoms. The first-order chi connectivity index (χ1) is 19.0. The van der Waals surface area contributed by atoms with E-state index in [1.807, 2.05) is 0 Å². The van der Waals surface area contributed by atoms with Crippen LogP contribution in [0.25, 0.3) is 11.3 Å². The lowest BCUT2D eigenvalue weighted by Gasteiger charge is -2.14. The highest BCUT2D eigenvalue weighted by atomic mass is 32.2. The van der Waals surface area contributed by atoms with Crippen LogP contribution in [0.3, 0.4) is 0 Å². The van der Waals surface area contributed by atoms with Crippen LogP contribution in [-0.2, 0) is 35.5 Å². The number of sulfonamides is 1. The Morgan fingerprint density at radius 3 is 2.15 bits per heavy atom. The molecule has 0 aliphatic rings. The molecule has 0 aliphatic heterocycles. The third-order valence-electron chi connectivity index (χ3n) is 5.31. The number of anilines is 1. The molecule has 1 N–H and O–H groups in total. The van der Waals surface area contributed by atoms with Crippen molar-refractivity contribution in [2.75, 3.05) is 17.2 Å². The van der Waals surface area contributed by atoms with Crippen molar-refractivity contribution < 1.29 is 43.2 Å². The van der Waals surface area contributed by atoms with Crippen LogP contribution >= 0.6 is 0 Å². The van der Waals surface area contributed by atoms with E-state index in [-0.39, 0.29) is 21.7 Å². The lowest BCUT2D eigenvalue weighted by Crippen LogP contribution is -2.18. The maximum Gasteiger partial charge on any atom is 0.247 e. The highest BCUT2D eigenvalue weighted by molar-refractivity contribution is 7.92. The van der Waals surface area contributed by atoms with Crippen molar-refractivity contribution in [3.63, 3.8) is 0 Å². The molecule has 2 heterocycles. The lowest BCUT2D eigenvalue weighted by atomic mass is 10.2. The van der Waals surface area contributed by atoms with Crippen molar-refractivity contribution in [3.8, 4) is 22.9 Å². The number of rotatable bonds is 9. The molecular weight excluding hydrogens is 609 g/mol. The number of ether oxygens (including phenoxy) is 1. The standard InChI is InChI=1S/C24H19F3N4O7S3/c1-39(32,33)15-7-5-14(6-8-15)13-41(36,37)31-22-17(25)12-19(20(26)21(22)27)38-23-16(4-3-10-28-23)18-9-11-29-24(30-18)40(2,34)35/h3-12,31H,13H2,1-2H3. The number of hydrogen-bond acceptors (Lipinski definition) is 10. The highest BCUT2D eigenvalue weighted by Gasteiger charge is 2.25. The number of benzene rings is 2. The van der Waals surface area contributed by atoms with E-state index in [2.05, 4.69) is 15.0 Å². The van der Waals surface area contributed by atoms with Gasteiger partial charge in [-0.3, -0.25) is 4.72 Å². The lowest BCUT2D eigenvalue weighted by molar-refractivity contribution is 0.401. The molecule has 2 aromatic carbocycles. The number of pyridine rings is 1. The fourth-order valence-electron chi connectivity index (χ4n) is 3.43. The van der Waals surface area contributed by atoms with Gasteiger partial charge >= 0.3 is 0 Å². The number of halogens is 3. The molecular formula is C24H19F3N4O7S3. The van der Waals surface area contributed by atoms with Gasteiger partial charge in [0.15, 0.2) is 27.2 Å². The summed E-state index contributed by atoms with van der Waals surface area (Å²) in [5, 5.41) is -0.518. The third kappa shape index (κ3) is 6.98. The van der Waals surface area contributed by atoms with Gasteiger partial charge in [-0.2, -0.15) is 4.39 Å². The molecule has 0 saturated carbocycles. The number of nitrogens with one attached hydrogen (secondary N) is 1. The van der Waals surface area contributed by atoms with E-state index < -0.39 is 75.4 Å². The van der Waals surface area contributed by atoms with E-state index in [1.54, 1.807) is 4.72 Å². The van der Waals surface area contributed by atoms with Gasteiger partial charge in [0.05, 0.1) is 21.9 Å². The Hall–Kier alpha value is -4.09. The predicted molar refractivity (Wildman–Crippen MR) is 141 cm³/mol. The molecule has 0 amide bonds. The van der Waals surface area contributed by atoms with Crippen molar-refractivity contribution in [2.24, 2.45) is 0 Å². The van der Waals surface area contributed by atoms with Crippen molar-refractivity contribution in [1.82, 2.24) is 15.0 Å². The van der Waals surface area contributed by atoms with Gasteiger partial charge in [-0.1, -0.05) is 12.1 Å². The van der Waals surface area contributed by atoms with E-state index in [4.69, 9.17) is 4.74 Å². The molecule has 0 radical (unpaired) electrons. The number of aromatic nitrogens is 3. The third-order valence-corrected chi connectivity index (χ3v) is 8.53. The minimum atomic E-state index is -4.49. The Morgan fingerprint density at radius 2 is 1.51 bits per heavy atom. The zero-order valence-electron chi connectivity index (χ0n) is 21.0. The van der Waals surface area contributed by atoms with Crippen LogP contribution in [-0.4, -0.2) is 52.7 Å². The summed E-state index contributed by atoms with van der Waals surface area (Å²) in [4.78, 5) is 11.4. The monoisotopic (exact) mass is 628 g/mol. The van der Waals surface area contributed by atoms with E-state index in [9.17, 15) is 38.4 Å². The fraction of sp³-hybridized carbons (Fsp3) is 0.125. The second-order valence-electron chi connectivity index (χ2n) is 8.59. The van der Waals surface area contributed by atoms with Crippen LogP contribution in [0.2, 0.25) is 0 Å². The van der Waals surface area contributed by atoms with Crippen LogP contribution in [0.1, 0.15) is 5.56 Å². The Bertz CT molecular complexity index is 1970. The molecule has 0 atom stereocenters. The Kier molecular flexibility index (Phi) is 8.06. The Labute approximate surface area is 233 Å². The first kappa shape index (κ1) is 29.9. The number of sulfone groups is 2. The zero-order chi connectivity index (χ0) is 30.2. The van der Waals surface area contributed by atoms with Crippen molar-refractivity contribution in [1.29, 1.82) is 0 Å². The van der Waals surface area contributed by atoms with Gasteiger partial charge < -0.3 is 4.74 Å². The SMILES string of the molecule is CS(=O)(=O)c1ccc(CS(=O)(=O)Nc2c(F)cc(Oc3ncccc3-c3ccnc(S(C)(=O)=O)n3)c(F)c2F)cc1. The van der Waals surface area contributed by atoms with Gasteiger partial charge in [-0.15, -0.1) is 0 Å². The summed E-state index contributed by atoms with van der Waals surface area (Å²) >= 11 is 0. The van der Waals surface area contributed by atoms with E-state index >= 15 is 0 Å². The molecule has 0 fully saturated rings. The van der Waals surface area contributed by atoms with Gasteiger partial charge in [-0.05, 0) is 35.9 Å². The van der Waals surface area contributed by atoms with Gasteiger partial charge in [0, 0.05) is 31.0 Å².